The number of aliphatic imine (C=N–C) groups is 1. The molecule has 122 valence electrons. The van der Waals surface area contributed by atoms with E-state index in [1.807, 2.05) is 18.8 Å². The van der Waals surface area contributed by atoms with Crippen molar-refractivity contribution in [3.63, 3.8) is 0 Å². The van der Waals surface area contributed by atoms with Crippen LogP contribution >= 0.6 is 11.8 Å². The molecule has 1 aliphatic rings. The van der Waals surface area contributed by atoms with Gasteiger partial charge in [-0.05, 0) is 55.9 Å². The van der Waals surface area contributed by atoms with Gasteiger partial charge >= 0.3 is 0 Å². The van der Waals surface area contributed by atoms with Crippen LogP contribution in [0.3, 0.4) is 0 Å². The Balaban J connectivity index is 2.87. The predicted octanol–water partition coefficient (Wildman–Crippen LogP) is 4.44. The zero-order chi connectivity index (χ0) is 16.0. The summed E-state index contributed by atoms with van der Waals surface area (Å²) in [5, 5.41) is 10.4. The van der Waals surface area contributed by atoms with E-state index in [4.69, 9.17) is 0 Å². The standard InChI is InChI=1S/C18H33NOS/c1-7-21-11-13(3)18(15(5)19-6)14(4)16-9-8-12(2)10-17(16)20/h10,13-14,16-18,20H,7-9,11H2,1-6H3/b19-15-. The summed E-state index contributed by atoms with van der Waals surface area (Å²) in [7, 11) is 1.90. The molecule has 0 aromatic rings. The molecule has 0 amide bonds. The lowest BCUT2D eigenvalue weighted by atomic mass is 9.69. The van der Waals surface area contributed by atoms with Crippen LogP contribution in [-0.4, -0.2) is 35.5 Å². The fourth-order valence-electron chi connectivity index (χ4n) is 3.77. The van der Waals surface area contributed by atoms with E-state index in [9.17, 15) is 5.11 Å². The average molecular weight is 312 g/mol. The lowest BCUT2D eigenvalue weighted by Crippen LogP contribution is -2.38. The van der Waals surface area contributed by atoms with Gasteiger partial charge in [-0.1, -0.05) is 32.4 Å². The van der Waals surface area contributed by atoms with Crippen LogP contribution in [0, 0.1) is 23.7 Å². The molecule has 1 rings (SSSR count). The first-order valence-electron chi connectivity index (χ1n) is 8.28. The van der Waals surface area contributed by atoms with E-state index >= 15 is 0 Å². The topological polar surface area (TPSA) is 32.6 Å². The number of allylic oxidation sites excluding steroid dienone is 1. The molecule has 3 heteroatoms. The van der Waals surface area contributed by atoms with Crippen molar-refractivity contribution in [1.29, 1.82) is 0 Å². The van der Waals surface area contributed by atoms with Gasteiger partial charge in [-0.15, -0.1) is 0 Å². The molecular weight excluding hydrogens is 278 g/mol. The van der Waals surface area contributed by atoms with E-state index < -0.39 is 0 Å². The van der Waals surface area contributed by atoms with E-state index in [0.29, 0.717) is 23.7 Å². The van der Waals surface area contributed by atoms with Gasteiger partial charge in [0.1, 0.15) is 0 Å². The van der Waals surface area contributed by atoms with Crippen LogP contribution in [0.25, 0.3) is 0 Å². The van der Waals surface area contributed by atoms with Crippen LogP contribution in [0.4, 0.5) is 0 Å². The predicted molar refractivity (Wildman–Crippen MR) is 96.3 cm³/mol. The highest BCUT2D eigenvalue weighted by Gasteiger charge is 2.35. The van der Waals surface area contributed by atoms with Crippen LogP contribution in [0.15, 0.2) is 16.6 Å². The maximum Gasteiger partial charge on any atom is 0.0754 e. The Labute approximate surface area is 135 Å². The van der Waals surface area contributed by atoms with Crippen LogP contribution < -0.4 is 0 Å². The van der Waals surface area contributed by atoms with E-state index in [-0.39, 0.29) is 6.10 Å². The Morgan fingerprint density at radius 1 is 1.48 bits per heavy atom. The van der Waals surface area contributed by atoms with Gasteiger partial charge in [0.2, 0.25) is 0 Å². The van der Waals surface area contributed by atoms with Crippen molar-refractivity contribution in [2.24, 2.45) is 28.7 Å². The molecule has 2 nitrogen and oxygen atoms in total. The third kappa shape index (κ3) is 5.14. The van der Waals surface area contributed by atoms with Gasteiger partial charge in [0.15, 0.2) is 0 Å². The highest BCUT2D eigenvalue weighted by molar-refractivity contribution is 7.99. The van der Waals surface area contributed by atoms with Gasteiger partial charge in [0.05, 0.1) is 6.10 Å². The van der Waals surface area contributed by atoms with Crippen molar-refractivity contribution in [3.05, 3.63) is 11.6 Å². The Morgan fingerprint density at radius 2 is 2.14 bits per heavy atom. The SMILES string of the molecule is CCSCC(C)C(/C(C)=N\C)C(C)C1CCC(C)=CC1O. The molecule has 0 heterocycles. The van der Waals surface area contributed by atoms with Gasteiger partial charge in [0, 0.05) is 18.7 Å². The molecule has 0 fully saturated rings. The molecule has 1 aliphatic carbocycles. The zero-order valence-corrected chi connectivity index (χ0v) is 15.4. The zero-order valence-electron chi connectivity index (χ0n) is 14.6. The molecule has 5 atom stereocenters. The van der Waals surface area contributed by atoms with Crippen molar-refractivity contribution in [3.8, 4) is 0 Å². The Morgan fingerprint density at radius 3 is 2.67 bits per heavy atom. The number of aliphatic hydroxyl groups is 1. The van der Waals surface area contributed by atoms with Gasteiger partial charge < -0.3 is 5.11 Å². The minimum absolute atomic E-state index is 0.285. The highest BCUT2D eigenvalue weighted by atomic mass is 32.2. The maximum atomic E-state index is 10.4. The summed E-state index contributed by atoms with van der Waals surface area (Å²) in [5.41, 5.74) is 2.57. The minimum Gasteiger partial charge on any atom is -0.389 e. The molecule has 0 spiro atoms. The fraction of sp³-hybridized carbons (Fsp3) is 0.833. The lowest BCUT2D eigenvalue weighted by molar-refractivity contribution is 0.0823. The van der Waals surface area contributed by atoms with Crippen molar-refractivity contribution in [1.82, 2.24) is 0 Å². The summed E-state index contributed by atoms with van der Waals surface area (Å²) in [6.07, 6.45) is 4.00. The molecule has 5 unspecified atom stereocenters. The van der Waals surface area contributed by atoms with E-state index in [1.165, 1.54) is 22.8 Å². The summed E-state index contributed by atoms with van der Waals surface area (Å²) in [6, 6.07) is 0. The molecule has 0 radical (unpaired) electrons. The molecule has 0 aromatic heterocycles. The fourth-order valence-corrected chi connectivity index (χ4v) is 4.59. The smallest absolute Gasteiger partial charge is 0.0754 e. The quantitative estimate of drug-likeness (QED) is 0.557. The first-order valence-corrected chi connectivity index (χ1v) is 9.44. The normalized spacial score (nSPS) is 28.0. The third-order valence-corrected chi connectivity index (χ3v) is 6.21. The third-order valence-electron chi connectivity index (χ3n) is 5.04. The van der Waals surface area contributed by atoms with Crippen LogP contribution in [0.5, 0.6) is 0 Å². The Hall–Kier alpha value is -0.280. The summed E-state index contributed by atoms with van der Waals surface area (Å²) in [6.45, 7) is 11.2. The summed E-state index contributed by atoms with van der Waals surface area (Å²) in [4.78, 5) is 4.48. The van der Waals surface area contributed by atoms with Crippen LogP contribution in [0.1, 0.15) is 47.5 Å². The number of hydrogen-bond acceptors (Lipinski definition) is 3. The second-order valence-electron chi connectivity index (χ2n) is 6.59. The molecule has 0 bridgehead atoms. The molecule has 0 saturated carbocycles. The Kier molecular flexibility index (Phi) is 8.04. The number of hydrogen-bond donors (Lipinski definition) is 1. The minimum atomic E-state index is -0.285. The summed E-state index contributed by atoms with van der Waals surface area (Å²) >= 11 is 2.01. The molecule has 21 heavy (non-hydrogen) atoms. The van der Waals surface area contributed by atoms with Crippen molar-refractivity contribution in [2.75, 3.05) is 18.6 Å². The first-order chi connectivity index (χ1) is 9.92. The van der Waals surface area contributed by atoms with Gasteiger partial charge in [-0.3, -0.25) is 4.99 Å². The van der Waals surface area contributed by atoms with E-state index in [1.54, 1.807) is 0 Å². The lowest BCUT2D eigenvalue weighted by Gasteiger charge is -2.38. The molecular formula is C18H33NOS. The number of thioether (sulfide) groups is 1. The molecule has 0 aliphatic heterocycles. The number of nitrogens with zero attached hydrogens (tertiary/aromatic N) is 1. The second-order valence-corrected chi connectivity index (χ2v) is 7.91. The van der Waals surface area contributed by atoms with Crippen LogP contribution in [-0.2, 0) is 0 Å². The average Bonchev–Trinajstić information content (AvgIpc) is 2.44. The van der Waals surface area contributed by atoms with E-state index in [0.717, 1.165) is 12.8 Å². The van der Waals surface area contributed by atoms with Crippen molar-refractivity contribution >= 4 is 17.5 Å². The monoisotopic (exact) mass is 311 g/mol. The van der Waals surface area contributed by atoms with E-state index in [2.05, 4.69) is 45.7 Å². The van der Waals surface area contributed by atoms with Crippen molar-refractivity contribution in [2.45, 2.75) is 53.6 Å². The van der Waals surface area contributed by atoms with Crippen molar-refractivity contribution < 1.29 is 5.11 Å². The molecule has 1 N–H and O–H groups in total. The number of rotatable bonds is 7. The molecule has 0 saturated heterocycles. The Bertz CT molecular complexity index is 377. The largest absolute Gasteiger partial charge is 0.389 e. The van der Waals surface area contributed by atoms with Crippen LogP contribution in [0.2, 0.25) is 0 Å². The number of aliphatic hydroxyl groups excluding tert-OH is 1. The van der Waals surface area contributed by atoms with Gasteiger partial charge in [-0.25, -0.2) is 0 Å². The van der Waals surface area contributed by atoms with Gasteiger partial charge in [-0.2, -0.15) is 11.8 Å². The summed E-state index contributed by atoms with van der Waals surface area (Å²) < 4.78 is 0. The molecule has 0 aromatic carbocycles. The summed E-state index contributed by atoms with van der Waals surface area (Å²) in [5.74, 6) is 4.26. The highest BCUT2D eigenvalue weighted by Crippen LogP contribution is 2.37. The first kappa shape index (κ1) is 18.8. The maximum absolute atomic E-state index is 10.4. The second kappa shape index (κ2) is 8.99. The van der Waals surface area contributed by atoms with Gasteiger partial charge in [0.25, 0.3) is 0 Å².